The molecule has 1 aromatic heterocycles. The van der Waals surface area contributed by atoms with Crippen LogP contribution in [0.5, 0.6) is 0 Å². The number of halogens is 2. The highest BCUT2D eigenvalue weighted by Crippen LogP contribution is 2.29. The SMILES string of the molecule is Cc1ccc(-c2cc(C(=O)OCC(=O)c3ccc(Cl)cc3)c3cc(Br)ccc3n2)cc1C. The summed E-state index contributed by atoms with van der Waals surface area (Å²) >= 11 is 9.32. The van der Waals surface area contributed by atoms with Gasteiger partial charge in [-0.25, -0.2) is 9.78 Å². The van der Waals surface area contributed by atoms with E-state index in [-0.39, 0.29) is 12.4 Å². The zero-order valence-corrected chi connectivity index (χ0v) is 19.8. The summed E-state index contributed by atoms with van der Waals surface area (Å²) in [5, 5.41) is 1.18. The maximum atomic E-state index is 13.0. The molecule has 0 aliphatic rings. The fraction of sp³-hybridized carbons (Fsp3) is 0.115. The number of ether oxygens (including phenoxy) is 1. The monoisotopic (exact) mass is 507 g/mol. The fourth-order valence-corrected chi connectivity index (χ4v) is 3.83. The van der Waals surface area contributed by atoms with Gasteiger partial charge < -0.3 is 4.74 Å². The van der Waals surface area contributed by atoms with Crippen LogP contribution in [0.15, 0.2) is 71.2 Å². The van der Waals surface area contributed by atoms with E-state index in [4.69, 9.17) is 21.3 Å². The molecule has 0 N–H and O–H groups in total. The second-order valence-corrected chi connectivity index (χ2v) is 8.87. The van der Waals surface area contributed by atoms with Gasteiger partial charge in [0.2, 0.25) is 0 Å². The molecule has 0 radical (unpaired) electrons. The number of Topliss-reactive ketones (excluding diaryl/α,β-unsaturated/α-hetero) is 1. The Morgan fingerprint density at radius 3 is 2.41 bits per heavy atom. The van der Waals surface area contributed by atoms with Crippen molar-refractivity contribution in [2.75, 3.05) is 6.61 Å². The van der Waals surface area contributed by atoms with Crippen LogP contribution in [0.4, 0.5) is 0 Å². The number of ketones is 1. The fourth-order valence-electron chi connectivity index (χ4n) is 3.34. The topological polar surface area (TPSA) is 56.3 Å². The van der Waals surface area contributed by atoms with Crippen LogP contribution in [0.3, 0.4) is 0 Å². The maximum Gasteiger partial charge on any atom is 0.339 e. The van der Waals surface area contributed by atoms with E-state index in [9.17, 15) is 9.59 Å². The molecule has 0 saturated heterocycles. The Kier molecular flexibility index (Phi) is 6.40. The van der Waals surface area contributed by atoms with Gasteiger partial charge in [0.1, 0.15) is 0 Å². The molecule has 0 unspecified atom stereocenters. The lowest BCUT2D eigenvalue weighted by Gasteiger charge is -2.11. The first-order valence-corrected chi connectivity index (χ1v) is 11.1. The molecular formula is C26H19BrClNO3. The van der Waals surface area contributed by atoms with Crippen LogP contribution >= 0.6 is 27.5 Å². The Hall–Kier alpha value is -3.02. The Bertz CT molecular complexity index is 1350. The molecule has 0 bridgehead atoms. The summed E-state index contributed by atoms with van der Waals surface area (Å²) in [6.45, 7) is 3.72. The Labute approximate surface area is 199 Å². The summed E-state index contributed by atoms with van der Waals surface area (Å²) < 4.78 is 6.21. The van der Waals surface area contributed by atoms with Gasteiger partial charge >= 0.3 is 5.97 Å². The number of nitrogens with zero attached hydrogens (tertiary/aromatic N) is 1. The number of carbonyl (C=O) groups excluding carboxylic acids is 2. The van der Waals surface area contributed by atoms with Gasteiger partial charge in [-0.2, -0.15) is 0 Å². The number of hydrogen-bond donors (Lipinski definition) is 0. The van der Waals surface area contributed by atoms with Crippen LogP contribution < -0.4 is 0 Å². The van der Waals surface area contributed by atoms with Crippen LogP contribution in [-0.4, -0.2) is 23.3 Å². The number of fused-ring (bicyclic) bond motifs is 1. The van der Waals surface area contributed by atoms with Crippen molar-refractivity contribution in [3.05, 3.63) is 98.5 Å². The van der Waals surface area contributed by atoms with E-state index in [1.54, 1.807) is 30.3 Å². The number of rotatable bonds is 5. The molecular weight excluding hydrogens is 490 g/mol. The minimum Gasteiger partial charge on any atom is -0.454 e. The van der Waals surface area contributed by atoms with E-state index in [1.807, 2.05) is 50.2 Å². The highest BCUT2D eigenvalue weighted by Gasteiger charge is 2.18. The van der Waals surface area contributed by atoms with Crippen molar-refractivity contribution >= 4 is 50.2 Å². The summed E-state index contributed by atoms with van der Waals surface area (Å²) in [4.78, 5) is 30.2. The van der Waals surface area contributed by atoms with Crippen molar-refractivity contribution < 1.29 is 14.3 Å². The maximum absolute atomic E-state index is 13.0. The van der Waals surface area contributed by atoms with Crippen LogP contribution in [0.1, 0.15) is 31.8 Å². The largest absolute Gasteiger partial charge is 0.454 e. The minimum absolute atomic E-state index is 0.302. The number of aryl methyl sites for hydroxylation is 2. The highest BCUT2D eigenvalue weighted by molar-refractivity contribution is 9.10. The highest BCUT2D eigenvalue weighted by atomic mass is 79.9. The van der Waals surface area contributed by atoms with E-state index in [0.29, 0.717) is 32.7 Å². The molecule has 4 nitrogen and oxygen atoms in total. The molecule has 1 heterocycles. The van der Waals surface area contributed by atoms with Crippen molar-refractivity contribution in [3.63, 3.8) is 0 Å². The molecule has 6 heteroatoms. The predicted octanol–water partition coefficient (Wildman–Crippen LogP) is 6.97. The summed E-state index contributed by atoms with van der Waals surface area (Å²) in [6, 6.07) is 19.8. The molecule has 0 fully saturated rings. The van der Waals surface area contributed by atoms with Crippen molar-refractivity contribution in [1.82, 2.24) is 4.98 Å². The Morgan fingerprint density at radius 1 is 0.938 bits per heavy atom. The number of carbonyl (C=O) groups is 2. The van der Waals surface area contributed by atoms with Crippen LogP contribution in [-0.2, 0) is 4.74 Å². The zero-order valence-electron chi connectivity index (χ0n) is 17.5. The minimum atomic E-state index is -0.581. The molecule has 3 aromatic carbocycles. The molecule has 0 spiro atoms. The molecule has 0 amide bonds. The van der Waals surface area contributed by atoms with Gasteiger partial charge in [0.15, 0.2) is 12.4 Å². The van der Waals surface area contributed by atoms with Gasteiger partial charge in [-0.3, -0.25) is 4.79 Å². The summed E-state index contributed by atoms with van der Waals surface area (Å²) in [6.07, 6.45) is 0. The average Bonchev–Trinajstić information content (AvgIpc) is 2.78. The number of pyridine rings is 1. The van der Waals surface area contributed by atoms with Crippen molar-refractivity contribution in [2.45, 2.75) is 13.8 Å². The smallest absolute Gasteiger partial charge is 0.339 e. The lowest BCUT2D eigenvalue weighted by molar-refractivity contribution is 0.0476. The molecule has 0 saturated carbocycles. The van der Waals surface area contributed by atoms with Gasteiger partial charge in [0, 0.05) is 26.0 Å². The molecule has 32 heavy (non-hydrogen) atoms. The molecule has 4 aromatic rings. The second-order valence-electron chi connectivity index (χ2n) is 7.52. The van der Waals surface area contributed by atoms with Gasteiger partial charge in [0.05, 0.1) is 16.8 Å². The third kappa shape index (κ3) is 4.74. The van der Waals surface area contributed by atoms with Crippen molar-refractivity contribution in [1.29, 1.82) is 0 Å². The van der Waals surface area contributed by atoms with E-state index in [2.05, 4.69) is 15.9 Å². The lowest BCUT2D eigenvalue weighted by Crippen LogP contribution is -2.15. The summed E-state index contributed by atoms with van der Waals surface area (Å²) in [5.41, 5.74) is 5.34. The number of aromatic nitrogens is 1. The molecule has 0 atom stereocenters. The number of esters is 1. The third-order valence-corrected chi connectivity index (χ3v) is 6.04. The summed E-state index contributed by atoms with van der Waals surface area (Å²) in [5.74, 6) is -0.883. The Balaban J connectivity index is 1.68. The third-order valence-electron chi connectivity index (χ3n) is 5.29. The Morgan fingerprint density at radius 2 is 1.69 bits per heavy atom. The zero-order chi connectivity index (χ0) is 22.8. The second kappa shape index (κ2) is 9.23. The van der Waals surface area contributed by atoms with Crippen molar-refractivity contribution in [3.8, 4) is 11.3 Å². The van der Waals surface area contributed by atoms with E-state index < -0.39 is 5.97 Å². The number of hydrogen-bond acceptors (Lipinski definition) is 4. The van der Waals surface area contributed by atoms with Crippen LogP contribution in [0.2, 0.25) is 5.02 Å². The average molecular weight is 509 g/mol. The van der Waals surface area contributed by atoms with Crippen molar-refractivity contribution in [2.24, 2.45) is 0 Å². The standard InChI is InChI=1S/C26H19BrClNO3/c1-15-3-4-18(11-16(15)2)24-13-22(21-12-19(27)7-10-23(21)29-24)26(31)32-14-25(30)17-5-8-20(28)9-6-17/h3-13H,14H2,1-2H3. The van der Waals surface area contributed by atoms with Gasteiger partial charge in [-0.1, -0.05) is 39.7 Å². The van der Waals surface area contributed by atoms with E-state index in [1.165, 1.54) is 5.56 Å². The molecule has 0 aliphatic carbocycles. The normalized spacial score (nSPS) is 10.9. The quantitative estimate of drug-likeness (QED) is 0.216. The van der Waals surface area contributed by atoms with Gasteiger partial charge in [-0.05, 0) is 79.6 Å². The van der Waals surface area contributed by atoms with Gasteiger partial charge in [0.25, 0.3) is 0 Å². The molecule has 4 rings (SSSR count). The molecule has 160 valence electrons. The van der Waals surface area contributed by atoms with E-state index in [0.717, 1.165) is 15.6 Å². The first-order chi connectivity index (χ1) is 15.3. The van der Waals surface area contributed by atoms with E-state index >= 15 is 0 Å². The van der Waals surface area contributed by atoms with Gasteiger partial charge in [-0.15, -0.1) is 0 Å². The van der Waals surface area contributed by atoms with Crippen LogP contribution in [0, 0.1) is 13.8 Å². The first-order valence-electron chi connectivity index (χ1n) is 9.95. The lowest BCUT2D eigenvalue weighted by atomic mass is 10.0. The summed E-state index contributed by atoms with van der Waals surface area (Å²) in [7, 11) is 0. The molecule has 0 aliphatic heterocycles. The van der Waals surface area contributed by atoms with Crippen LogP contribution in [0.25, 0.3) is 22.2 Å². The number of benzene rings is 3. The first kappa shape index (κ1) is 22.2. The predicted molar refractivity (Wildman–Crippen MR) is 130 cm³/mol.